The highest BCUT2D eigenvalue weighted by molar-refractivity contribution is 14.0. The van der Waals surface area contributed by atoms with Crippen LogP contribution in [0.2, 0.25) is 0 Å². The summed E-state index contributed by atoms with van der Waals surface area (Å²) in [7, 11) is 3.97. The van der Waals surface area contributed by atoms with Crippen LogP contribution >= 0.6 is 24.0 Å². The first-order valence-corrected chi connectivity index (χ1v) is 10.5. The molecule has 170 valence electrons. The number of benzene rings is 1. The fourth-order valence-electron chi connectivity index (χ4n) is 3.20. The molecule has 1 atom stereocenters. The number of rotatable bonds is 8. The Kier molecular flexibility index (Phi) is 10.3. The minimum atomic E-state index is 0. The monoisotopic (exact) mass is 539 g/mol. The summed E-state index contributed by atoms with van der Waals surface area (Å²) in [5.41, 5.74) is 3.41. The van der Waals surface area contributed by atoms with Gasteiger partial charge in [-0.25, -0.2) is 9.98 Å². The van der Waals surface area contributed by atoms with Gasteiger partial charge < -0.3 is 25.0 Å². The average Bonchev–Trinajstić information content (AvgIpc) is 3.24. The molecular formula is C23H34IN5O2. The number of aromatic nitrogens is 1. The topological polar surface area (TPSA) is 71.0 Å². The van der Waals surface area contributed by atoms with Crippen LogP contribution in [0, 0.1) is 6.92 Å². The molecule has 1 saturated heterocycles. The Morgan fingerprint density at radius 3 is 2.81 bits per heavy atom. The van der Waals surface area contributed by atoms with Crippen molar-refractivity contribution in [3.8, 4) is 5.75 Å². The van der Waals surface area contributed by atoms with Crippen LogP contribution in [0.1, 0.15) is 30.0 Å². The van der Waals surface area contributed by atoms with E-state index in [9.17, 15) is 0 Å². The van der Waals surface area contributed by atoms with Gasteiger partial charge in [0.1, 0.15) is 17.7 Å². The molecule has 3 rings (SSSR count). The maximum absolute atomic E-state index is 6.21. The van der Waals surface area contributed by atoms with Crippen molar-refractivity contribution in [2.75, 3.05) is 38.8 Å². The number of anilines is 1. The van der Waals surface area contributed by atoms with Gasteiger partial charge in [-0.05, 0) is 43.2 Å². The third-order valence-electron chi connectivity index (χ3n) is 4.88. The highest BCUT2D eigenvalue weighted by Gasteiger charge is 2.18. The largest absolute Gasteiger partial charge is 0.488 e. The van der Waals surface area contributed by atoms with Crippen molar-refractivity contribution in [1.29, 1.82) is 0 Å². The Morgan fingerprint density at radius 1 is 1.26 bits per heavy atom. The summed E-state index contributed by atoms with van der Waals surface area (Å²) in [5.74, 6) is 2.62. The molecule has 1 fully saturated rings. The van der Waals surface area contributed by atoms with Crippen LogP contribution in [0.5, 0.6) is 5.75 Å². The van der Waals surface area contributed by atoms with E-state index in [-0.39, 0.29) is 30.1 Å². The smallest absolute Gasteiger partial charge is 0.191 e. The molecule has 0 aliphatic carbocycles. The lowest BCUT2D eigenvalue weighted by Gasteiger charge is -2.18. The SMILES string of the molecule is CCNC(=NCc1ccnc(N(C)C)c1)NCc1ccc(C)cc1OC1CCOC1.I. The predicted octanol–water partition coefficient (Wildman–Crippen LogP) is 3.50. The van der Waals surface area contributed by atoms with E-state index in [0.29, 0.717) is 19.7 Å². The van der Waals surface area contributed by atoms with Crippen LogP contribution in [0.4, 0.5) is 5.82 Å². The normalized spacial score (nSPS) is 15.9. The summed E-state index contributed by atoms with van der Waals surface area (Å²) < 4.78 is 11.7. The van der Waals surface area contributed by atoms with Crippen molar-refractivity contribution >= 4 is 35.8 Å². The third-order valence-corrected chi connectivity index (χ3v) is 4.88. The third kappa shape index (κ3) is 7.84. The summed E-state index contributed by atoms with van der Waals surface area (Å²) >= 11 is 0. The fourth-order valence-corrected chi connectivity index (χ4v) is 3.20. The summed E-state index contributed by atoms with van der Waals surface area (Å²) in [4.78, 5) is 11.1. The molecule has 7 nitrogen and oxygen atoms in total. The van der Waals surface area contributed by atoms with Gasteiger partial charge in [0.15, 0.2) is 5.96 Å². The maximum Gasteiger partial charge on any atom is 0.191 e. The number of hydrogen-bond acceptors (Lipinski definition) is 5. The van der Waals surface area contributed by atoms with Gasteiger partial charge in [0.2, 0.25) is 0 Å². The van der Waals surface area contributed by atoms with Crippen molar-refractivity contribution in [2.45, 2.75) is 39.5 Å². The van der Waals surface area contributed by atoms with Crippen LogP contribution in [-0.4, -0.2) is 50.9 Å². The van der Waals surface area contributed by atoms with Gasteiger partial charge in [-0.3, -0.25) is 0 Å². The second kappa shape index (κ2) is 12.7. The molecule has 0 amide bonds. The van der Waals surface area contributed by atoms with Gasteiger partial charge in [-0.1, -0.05) is 12.1 Å². The standard InChI is InChI=1S/C23H33N5O2.HI/c1-5-24-23(26-14-18-8-10-25-22(13-18)28(3)4)27-15-19-7-6-17(2)12-21(19)30-20-9-11-29-16-20;/h6-8,10,12-13,20H,5,9,11,14-16H2,1-4H3,(H2,24,26,27);1H. The van der Waals surface area contributed by atoms with Crippen molar-refractivity contribution in [1.82, 2.24) is 15.6 Å². The number of nitrogens with zero attached hydrogens (tertiary/aromatic N) is 3. The zero-order valence-corrected chi connectivity index (χ0v) is 21.2. The van der Waals surface area contributed by atoms with Crippen LogP contribution in [0.3, 0.4) is 0 Å². The van der Waals surface area contributed by atoms with Gasteiger partial charge >= 0.3 is 0 Å². The molecule has 0 bridgehead atoms. The van der Waals surface area contributed by atoms with Gasteiger partial charge in [-0.2, -0.15) is 0 Å². The number of pyridine rings is 1. The van der Waals surface area contributed by atoms with Gasteiger partial charge in [-0.15, -0.1) is 24.0 Å². The Labute approximate surface area is 202 Å². The molecule has 1 aromatic heterocycles. The number of aliphatic imine (C=N–C) groups is 1. The summed E-state index contributed by atoms with van der Waals surface area (Å²) in [5, 5.41) is 6.75. The summed E-state index contributed by atoms with van der Waals surface area (Å²) in [6, 6.07) is 10.4. The Morgan fingerprint density at radius 2 is 2.10 bits per heavy atom. The van der Waals surface area contributed by atoms with E-state index in [2.05, 4.69) is 53.7 Å². The maximum atomic E-state index is 6.21. The average molecular weight is 539 g/mol. The van der Waals surface area contributed by atoms with Gasteiger partial charge in [0, 0.05) is 45.4 Å². The zero-order chi connectivity index (χ0) is 21.3. The molecule has 0 radical (unpaired) electrons. The van der Waals surface area contributed by atoms with Crippen molar-refractivity contribution in [2.24, 2.45) is 4.99 Å². The Hall–Kier alpha value is -2.07. The van der Waals surface area contributed by atoms with Crippen LogP contribution in [0.15, 0.2) is 41.5 Å². The van der Waals surface area contributed by atoms with E-state index in [1.807, 2.05) is 31.3 Å². The minimum Gasteiger partial charge on any atom is -0.488 e. The van der Waals surface area contributed by atoms with Crippen LogP contribution in [0.25, 0.3) is 0 Å². The van der Waals surface area contributed by atoms with Crippen molar-refractivity contribution in [3.05, 3.63) is 53.2 Å². The quantitative estimate of drug-likeness (QED) is 0.304. The number of halogens is 1. The first-order valence-electron chi connectivity index (χ1n) is 10.5. The van der Waals surface area contributed by atoms with Gasteiger partial charge in [0.05, 0.1) is 19.8 Å². The van der Waals surface area contributed by atoms with E-state index < -0.39 is 0 Å². The Bertz CT molecular complexity index is 854. The molecule has 2 aromatic rings. The van der Waals surface area contributed by atoms with Gasteiger partial charge in [0.25, 0.3) is 0 Å². The lowest BCUT2D eigenvalue weighted by atomic mass is 10.1. The second-order valence-electron chi connectivity index (χ2n) is 7.68. The first kappa shape index (κ1) is 25.2. The second-order valence-corrected chi connectivity index (χ2v) is 7.68. The molecule has 2 heterocycles. The van der Waals surface area contributed by atoms with E-state index >= 15 is 0 Å². The molecule has 1 aromatic carbocycles. The number of guanidine groups is 1. The molecule has 1 unspecified atom stereocenters. The lowest BCUT2D eigenvalue weighted by Crippen LogP contribution is -2.37. The zero-order valence-electron chi connectivity index (χ0n) is 18.9. The summed E-state index contributed by atoms with van der Waals surface area (Å²) in [6.07, 6.45) is 2.89. The lowest BCUT2D eigenvalue weighted by molar-refractivity contribution is 0.140. The van der Waals surface area contributed by atoms with E-state index in [4.69, 9.17) is 14.5 Å². The molecule has 2 N–H and O–H groups in total. The predicted molar refractivity (Wildman–Crippen MR) is 137 cm³/mol. The number of aryl methyl sites for hydroxylation is 1. The molecule has 0 saturated carbocycles. The molecule has 8 heteroatoms. The number of ether oxygens (including phenoxy) is 2. The van der Waals surface area contributed by atoms with E-state index in [0.717, 1.165) is 48.2 Å². The molecular weight excluding hydrogens is 505 g/mol. The van der Waals surface area contributed by atoms with Crippen molar-refractivity contribution < 1.29 is 9.47 Å². The minimum absolute atomic E-state index is 0. The van der Waals surface area contributed by atoms with E-state index in [1.54, 1.807) is 0 Å². The molecule has 1 aliphatic rings. The highest BCUT2D eigenvalue weighted by atomic mass is 127. The fraction of sp³-hybridized carbons (Fsp3) is 0.478. The highest BCUT2D eigenvalue weighted by Crippen LogP contribution is 2.23. The Balaban J connectivity index is 0.00000341. The molecule has 1 aliphatic heterocycles. The molecule has 0 spiro atoms. The van der Waals surface area contributed by atoms with E-state index in [1.165, 1.54) is 5.56 Å². The molecule has 31 heavy (non-hydrogen) atoms. The number of hydrogen-bond donors (Lipinski definition) is 2. The van der Waals surface area contributed by atoms with Crippen molar-refractivity contribution in [3.63, 3.8) is 0 Å². The van der Waals surface area contributed by atoms with Crippen LogP contribution < -0.4 is 20.3 Å². The van der Waals surface area contributed by atoms with Crippen LogP contribution in [-0.2, 0) is 17.8 Å². The summed E-state index contributed by atoms with van der Waals surface area (Å²) in [6.45, 7) is 7.58. The number of nitrogens with one attached hydrogen (secondary N) is 2. The first-order chi connectivity index (χ1) is 14.5.